The van der Waals surface area contributed by atoms with Gasteiger partial charge in [-0.05, 0) is 37.0 Å². The van der Waals surface area contributed by atoms with Gasteiger partial charge in [-0.25, -0.2) is 0 Å². The third-order valence-electron chi connectivity index (χ3n) is 4.02. The molecule has 1 N–H and O–H groups in total. The number of nitrogens with one attached hydrogen (secondary N) is 1. The van der Waals surface area contributed by atoms with E-state index in [2.05, 4.69) is 5.32 Å². The Kier molecular flexibility index (Phi) is 6.38. The third kappa shape index (κ3) is 5.54. The Balaban J connectivity index is 1.72. The zero-order valence-corrected chi connectivity index (χ0v) is 12.8. The lowest BCUT2D eigenvalue weighted by molar-refractivity contribution is -0.121. The van der Waals surface area contributed by atoms with E-state index in [1.807, 2.05) is 24.3 Å². The average Bonchev–Trinajstić information content (AvgIpc) is 2.41. The van der Waals surface area contributed by atoms with E-state index in [9.17, 15) is 4.79 Å². The van der Waals surface area contributed by atoms with Crippen LogP contribution in [-0.4, -0.2) is 11.9 Å². The van der Waals surface area contributed by atoms with Crippen molar-refractivity contribution in [2.24, 2.45) is 0 Å². The fourth-order valence-corrected chi connectivity index (χ4v) is 2.94. The molecule has 1 aliphatic rings. The van der Waals surface area contributed by atoms with Gasteiger partial charge < -0.3 is 5.32 Å². The molecule has 3 heteroatoms. The minimum absolute atomic E-state index is 0.186. The van der Waals surface area contributed by atoms with Gasteiger partial charge >= 0.3 is 0 Å². The fourth-order valence-electron chi connectivity index (χ4n) is 2.81. The highest BCUT2D eigenvalue weighted by Gasteiger charge is 2.13. The maximum Gasteiger partial charge on any atom is 0.220 e. The molecule has 0 aliphatic heterocycles. The van der Waals surface area contributed by atoms with Crippen LogP contribution in [0.4, 0.5) is 0 Å². The Morgan fingerprint density at radius 1 is 1.05 bits per heavy atom. The van der Waals surface area contributed by atoms with Crippen molar-refractivity contribution in [2.45, 2.75) is 63.8 Å². The van der Waals surface area contributed by atoms with E-state index in [1.165, 1.54) is 37.7 Å². The van der Waals surface area contributed by atoms with Crippen molar-refractivity contribution in [2.75, 3.05) is 0 Å². The first-order chi connectivity index (χ1) is 9.74. The summed E-state index contributed by atoms with van der Waals surface area (Å²) in [5.41, 5.74) is 1.17. The molecule has 0 bridgehead atoms. The Morgan fingerprint density at radius 3 is 2.30 bits per heavy atom. The fraction of sp³-hybridized carbons (Fsp3) is 0.588. The van der Waals surface area contributed by atoms with Gasteiger partial charge in [-0.3, -0.25) is 4.79 Å². The smallest absolute Gasteiger partial charge is 0.220 e. The van der Waals surface area contributed by atoms with E-state index in [0.29, 0.717) is 12.5 Å². The summed E-state index contributed by atoms with van der Waals surface area (Å²) in [5.74, 6) is 0.186. The van der Waals surface area contributed by atoms with E-state index < -0.39 is 0 Å². The van der Waals surface area contributed by atoms with Gasteiger partial charge in [0.25, 0.3) is 0 Å². The molecule has 2 rings (SSSR count). The normalized spacial score (nSPS) is 17.2. The molecule has 0 unspecified atom stereocenters. The summed E-state index contributed by atoms with van der Waals surface area (Å²) in [6, 6.07) is 8.14. The summed E-state index contributed by atoms with van der Waals surface area (Å²) >= 11 is 5.85. The Labute approximate surface area is 126 Å². The molecule has 1 fully saturated rings. The van der Waals surface area contributed by atoms with Crippen LogP contribution >= 0.6 is 11.6 Å². The minimum atomic E-state index is 0.186. The molecule has 0 atom stereocenters. The van der Waals surface area contributed by atoms with Crippen molar-refractivity contribution < 1.29 is 4.79 Å². The predicted molar refractivity (Wildman–Crippen MR) is 84.0 cm³/mol. The number of aryl methyl sites for hydroxylation is 1. The molecule has 0 aromatic heterocycles. The summed E-state index contributed by atoms with van der Waals surface area (Å²) < 4.78 is 0. The summed E-state index contributed by atoms with van der Waals surface area (Å²) in [6.07, 6.45) is 10.1. The van der Waals surface area contributed by atoms with Crippen molar-refractivity contribution in [3.8, 4) is 0 Å². The lowest BCUT2D eigenvalue weighted by Crippen LogP contribution is -2.35. The number of benzene rings is 1. The molecule has 0 spiro atoms. The second kappa shape index (κ2) is 8.31. The summed E-state index contributed by atoms with van der Waals surface area (Å²) in [5, 5.41) is 3.95. The highest BCUT2D eigenvalue weighted by molar-refractivity contribution is 6.30. The highest BCUT2D eigenvalue weighted by Crippen LogP contribution is 2.17. The quantitative estimate of drug-likeness (QED) is 0.870. The summed E-state index contributed by atoms with van der Waals surface area (Å²) in [4.78, 5) is 12.0. The van der Waals surface area contributed by atoms with Gasteiger partial charge in [-0.2, -0.15) is 0 Å². The first-order valence-electron chi connectivity index (χ1n) is 7.78. The van der Waals surface area contributed by atoms with E-state index in [0.717, 1.165) is 24.3 Å². The van der Waals surface area contributed by atoms with Crippen LogP contribution in [0, 0.1) is 0 Å². The van der Waals surface area contributed by atoms with Crippen molar-refractivity contribution >= 4 is 17.5 Å². The van der Waals surface area contributed by atoms with E-state index in [-0.39, 0.29) is 5.91 Å². The van der Waals surface area contributed by atoms with Crippen LogP contribution in [0.1, 0.15) is 56.9 Å². The third-order valence-corrected chi connectivity index (χ3v) is 4.28. The van der Waals surface area contributed by atoms with Crippen LogP contribution in [0.15, 0.2) is 24.3 Å². The number of amides is 1. The van der Waals surface area contributed by atoms with E-state index >= 15 is 0 Å². The van der Waals surface area contributed by atoms with Crippen molar-refractivity contribution in [3.63, 3.8) is 0 Å². The largest absolute Gasteiger partial charge is 0.353 e. The molecule has 2 nitrogen and oxygen atoms in total. The van der Waals surface area contributed by atoms with Crippen LogP contribution in [-0.2, 0) is 11.2 Å². The summed E-state index contributed by atoms with van der Waals surface area (Å²) in [7, 11) is 0. The van der Waals surface area contributed by atoms with Gasteiger partial charge in [0.2, 0.25) is 5.91 Å². The zero-order chi connectivity index (χ0) is 14.2. The van der Waals surface area contributed by atoms with Crippen LogP contribution in [0.2, 0.25) is 5.02 Å². The maximum absolute atomic E-state index is 12.0. The topological polar surface area (TPSA) is 29.1 Å². The molecular formula is C17H24ClNO. The van der Waals surface area contributed by atoms with Gasteiger partial charge in [0.15, 0.2) is 0 Å². The molecule has 1 amide bonds. The van der Waals surface area contributed by atoms with Crippen LogP contribution < -0.4 is 5.32 Å². The molecule has 0 radical (unpaired) electrons. The first kappa shape index (κ1) is 15.4. The number of rotatable bonds is 4. The van der Waals surface area contributed by atoms with Crippen molar-refractivity contribution in [3.05, 3.63) is 34.9 Å². The molecule has 0 heterocycles. The lowest BCUT2D eigenvalue weighted by atomic mass is 9.96. The second-order valence-corrected chi connectivity index (χ2v) is 6.17. The SMILES string of the molecule is O=C(CCc1ccc(Cl)cc1)NC1CCCCCCC1. The van der Waals surface area contributed by atoms with Crippen LogP contribution in [0.3, 0.4) is 0 Å². The molecule has 110 valence electrons. The summed E-state index contributed by atoms with van der Waals surface area (Å²) in [6.45, 7) is 0. The van der Waals surface area contributed by atoms with Gasteiger partial charge in [0.05, 0.1) is 0 Å². The van der Waals surface area contributed by atoms with Gasteiger partial charge in [0.1, 0.15) is 0 Å². The van der Waals surface area contributed by atoms with Crippen LogP contribution in [0.5, 0.6) is 0 Å². The zero-order valence-electron chi connectivity index (χ0n) is 12.0. The van der Waals surface area contributed by atoms with Gasteiger partial charge in [-0.1, -0.05) is 55.8 Å². The maximum atomic E-state index is 12.0. The number of halogens is 1. The Hall–Kier alpha value is -1.02. The molecule has 0 saturated heterocycles. The molecular weight excluding hydrogens is 270 g/mol. The lowest BCUT2D eigenvalue weighted by Gasteiger charge is -2.21. The van der Waals surface area contributed by atoms with E-state index in [4.69, 9.17) is 11.6 Å². The molecule has 1 aromatic carbocycles. The number of carbonyl (C=O) groups excluding carboxylic acids is 1. The van der Waals surface area contributed by atoms with Gasteiger partial charge in [0, 0.05) is 17.5 Å². The predicted octanol–water partition coefficient (Wildman–Crippen LogP) is 4.50. The average molecular weight is 294 g/mol. The highest BCUT2D eigenvalue weighted by atomic mass is 35.5. The Bertz CT molecular complexity index is 408. The standard InChI is InChI=1S/C17H24ClNO/c18-15-11-8-14(9-12-15)10-13-17(20)19-16-6-4-2-1-3-5-7-16/h8-9,11-12,16H,1-7,10,13H2,(H,19,20). The molecule has 1 aromatic rings. The van der Waals surface area contributed by atoms with Gasteiger partial charge in [-0.15, -0.1) is 0 Å². The van der Waals surface area contributed by atoms with Crippen LogP contribution in [0.25, 0.3) is 0 Å². The number of carbonyl (C=O) groups is 1. The molecule has 1 aliphatic carbocycles. The van der Waals surface area contributed by atoms with E-state index in [1.54, 1.807) is 0 Å². The molecule has 1 saturated carbocycles. The minimum Gasteiger partial charge on any atom is -0.353 e. The number of hydrogen-bond donors (Lipinski definition) is 1. The Morgan fingerprint density at radius 2 is 1.65 bits per heavy atom. The molecule has 20 heavy (non-hydrogen) atoms. The van der Waals surface area contributed by atoms with Crippen molar-refractivity contribution in [1.82, 2.24) is 5.32 Å². The second-order valence-electron chi connectivity index (χ2n) is 5.74. The first-order valence-corrected chi connectivity index (χ1v) is 8.15. The van der Waals surface area contributed by atoms with Crippen molar-refractivity contribution in [1.29, 1.82) is 0 Å². The monoisotopic (exact) mass is 293 g/mol. The number of hydrogen-bond acceptors (Lipinski definition) is 1.